The number of aromatic nitrogens is 1. The molecule has 0 saturated heterocycles. The molecule has 20 heavy (non-hydrogen) atoms. The van der Waals surface area contributed by atoms with Gasteiger partial charge in [-0.25, -0.2) is 0 Å². The van der Waals surface area contributed by atoms with Crippen molar-refractivity contribution in [2.45, 2.75) is 64.2 Å². The van der Waals surface area contributed by atoms with Crippen molar-refractivity contribution in [1.29, 1.82) is 0 Å². The molecule has 0 bridgehead atoms. The summed E-state index contributed by atoms with van der Waals surface area (Å²) in [5.74, 6) is 0. The highest BCUT2D eigenvalue weighted by Crippen LogP contribution is 2.63. The number of aryl methyl sites for hydroxylation is 1. The molecule has 0 unspecified atom stereocenters. The number of para-hydroxylation sites is 1. The quantitative estimate of drug-likeness (QED) is 0.676. The topological polar surface area (TPSA) is 4.93 Å². The van der Waals surface area contributed by atoms with Crippen LogP contribution in [0.5, 0.6) is 0 Å². The molecule has 0 saturated carbocycles. The molecule has 0 amide bonds. The maximum atomic E-state index is 2.70. The zero-order chi connectivity index (χ0) is 15.1. The van der Waals surface area contributed by atoms with Crippen LogP contribution in [0.4, 0.5) is 0 Å². The Morgan fingerprint density at radius 3 is 1.85 bits per heavy atom. The van der Waals surface area contributed by atoms with E-state index in [9.17, 15) is 0 Å². The summed E-state index contributed by atoms with van der Waals surface area (Å²) in [7, 11) is -0.922. The Labute approximate surface area is 125 Å². The Morgan fingerprint density at radius 1 is 0.850 bits per heavy atom. The first-order chi connectivity index (χ1) is 9.33. The van der Waals surface area contributed by atoms with Crippen LogP contribution < -0.4 is 0 Å². The van der Waals surface area contributed by atoms with Gasteiger partial charge in [-0.2, -0.15) is 10.2 Å². The Morgan fingerprint density at radius 2 is 1.35 bits per heavy atom. The van der Waals surface area contributed by atoms with Crippen LogP contribution >= 0.6 is 10.2 Å². The average molecular weight is 292 g/mol. The second kappa shape index (κ2) is 5.48. The van der Waals surface area contributed by atoms with Crippen molar-refractivity contribution in [2.24, 2.45) is 0 Å². The van der Waals surface area contributed by atoms with Crippen LogP contribution in [0, 0.1) is 6.92 Å². The lowest BCUT2D eigenvalue weighted by Crippen LogP contribution is -2.34. The minimum atomic E-state index is -0.922. The molecular formula is C18H29NS. The van der Waals surface area contributed by atoms with Crippen molar-refractivity contribution in [3.63, 3.8) is 0 Å². The monoisotopic (exact) mass is 291 g/mol. The zero-order valence-corrected chi connectivity index (χ0v) is 14.8. The summed E-state index contributed by atoms with van der Waals surface area (Å²) in [5.41, 5.74) is 2.83. The van der Waals surface area contributed by atoms with Crippen LogP contribution in [-0.4, -0.2) is 19.7 Å². The number of fused-ring (bicyclic) bond motifs is 1. The highest BCUT2D eigenvalue weighted by atomic mass is 32.3. The molecule has 0 fully saturated rings. The van der Waals surface area contributed by atoms with Gasteiger partial charge in [0.1, 0.15) is 0 Å². The zero-order valence-electron chi connectivity index (χ0n) is 14.0. The van der Waals surface area contributed by atoms with E-state index < -0.39 is 10.2 Å². The van der Waals surface area contributed by atoms with Gasteiger partial charge in [0.05, 0.1) is 5.52 Å². The van der Waals surface area contributed by atoms with E-state index in [1.54, 1.807) is 0 Å². The van der Waals surface area contributed by atoms with Gasteiger partial charge in [0, 0.05) is 26.8 Å². The number of hydrogen-bond acceptors (Lipinski definition) is 0. The molecule has 0 aliphatic carbocycles. The fraction of sp³-hybridized carbons (Fsp3) is 0.556. The van der Waals surface area contributed by atoms with Crippen molar-refractivity contribution in [2.75, 3.05) is 0 Å². The molecule has 2 heteroatoms. The van der Waals surface area contributed by atoms with Crippen LogP contribution in [0.2, 0.25) is 0 Å². The van der Waals surface area contributed by atoms with Crippen LogP contribution in [0.15, 0.2) is 30.3 Å². The van der Waals surface area contributed by atoms with Gasteiger partial charge in [-0.3, -0.25) is 0 Å². The standard InChI is InChI=1S/C18H29NS/c1-13(2)20(14(3)4,15(5)6)19-16(7)12-17-10-8-9-11-18(17)19/h8-15H,1-7H3. The number of hydrogen-bond donors (Lipinski definition) is 0. The summed E-state index contributed by atoms with van der Waals surface area (Å²) >= 11 is 0. The molecule has 0 radical (unpaired) electrons. The SMILES string of the molecule is Cc1cc2ccccc2n1S(C(C)C)(C(C)C)C(C)C. The van der Waals surface area contributed by atoms with E-state index >= 15 is 0 Å². The lowest BCUT2D eigenvalue weighted by Gasteiger charge is -2.53. The van der Waals surface area contributed by atoms with Gasteiger partial charge in [0.25, 0.3) is 0 Å². The Bertz CT molecular complexity index is 571. The van der Waals surface area contributed by atoms with Gasteiger partial charge in [-0.15, -0.1) is 0 Å². The second-order valence-corrected chi connectivity index (χ2v) is 11.2. The van der Waals surface area contributed by atoms with Crippen molar-refractivity contribution < 1.29 is 0 Å². The van der Waals surface area contributed by atoms with Gasteiger partial charge in [-0.05, 0) is 19.1 Å². The number of benzene rings is 1. The second-order valence-electron chi connectivity index (χ2n) is 6.51. The minimum absolute atomic E-state index is 0.678. The van der Waals surface area contributed by atoms with E-state index in [2.05, 4.69) is 82.8 Å². The maximum Gasteiger partial charge on any atom is 0.0577 e. The predicted octanol–water partition coefficient (Wildman–Crippen LogP) is 5.74. The van der Waals surface area contributed by atoms with Crippen molar-refractivity contribution in [3.05, 3.63) is 36.0 Å². The van der Waals surface area contributed by atoms with E-state index in [0.717, 1.165) is 0 Å². The Hall–Kier alpha value is -0.890. The minimum Gasteiger partial charge on any atom is -0.306 e. The molecular weight excluding hydrogens is 262 g/mol. The largest absolute Gasteiger partial charge is 0.306 e. The molecule has 0 aliphatic heterocycles. The van der Waals surface area contributed by atoms with E-state index in [1.807, 2.05) is 0 Å². The van der Waals surface area contributed by atoms with Gasteiger partial charge in [0.2, 0.25) is 0 Å². The summed E-state index contributed by atoms with van der Waals surface area (Å²) in [6, 6.07) is 11.2. The molecule has 0 atom stereocenters. The molecule has 0 spiro atoms. The van der Waals surface area contributed by atoms with Crippen LogP contribution in [0.1, 0.15) is 47.2 Å². The van der Waals surface area contributed by atoms with Gasteiger partial charge < -0.3 is 3.97 Å². The van der Waals surface area contributed by atoms with Crippen LogP contribution in [0.25, 0.3) is 10.9 Å². The third kappa shape index (κ3) is 2.09. The molecule has 2 rings (SSSR count). The van der Waals surface area contributed by atoms with Crippen LogP contribution in [0.3, 0.4) is 0 Å². The summed E-state index contributed by atoms with van der Waals surface area (Å²) < 4.78 is 2.70. The third-order valence-corrected chi connectivity index (χ3v) is 10.1. The number of nitrogens with zero attached hydrogens (tertiary/aromatic N) is 1. The fourth-order valence-electron chi connectivity index (χ4n) is 3.95. The van der Waals surface area contributed by atoms with Gasteiger partial charge >= 0.3 is 0 Å². The lowest BCUT2D eigenvalue weighted by molar-refractivity contribution is 0.906. The Balaban J connectivity index is 2.85. The van der Waals surface area contributed by atoms with Crippen molar-refractivity contribution >= 4 is 21.1 Å². The predicted molar refractivity (Wildman–Crippen MR) is 95.1 cm³/mol. The molecule has 1 heterocycles. The summed E-state index contributed by atoms with van der Waals surface area (Å²) in [6.07, 6.45) is 0. The molecule has 1 aromatic carbocycles. The highest BCUT2D eigenvalue weighted by Gasteiger charge is 2.37. The average Bonchev–Trinajstić information content (AvgIpc) is 2.66. The third-order valence-electron chi connectivity index (χ3n) is 4.42. The van der Waals surface area contributed by atoms with Crippen molar-refractivity contribution in [3.8, 4) is 0 Å². The summed E-state index contributed by atoms with van der Waals surface area (Å²) in [5, 5.41) is 3.41. The lowest BCUT2D eigenvalue weighted by atomic mass is 10.2. The summed E-state index contributed by atoms with van der Waals surface area (Å²) in [6.45, 7) is 16.7. The van der Waals surface area contributed by atoms with Gasteiger partial charge in [0.15, 0.2) is 0 Å². The number of rotatable bonds is 4. The van der Waals surface area contributed by atoms with Gasteiger partial charge in [-0.1, -0.05) is 59.7 Å². The van der Waals surface area contributed by atoms with E-state index in [1.165, 1.54) is 16.6 Å². The van der Waals surface area contributed by atoms with E-state index in [-0.39, 0.29) is 0 Å². The first kappa shape index (κ1) is 15.5. The molecule has 0 N–H and O–H groups in total. The molecule has 1 nitrogen and oxygen atoms in total. The smallest absolute Gasteiger partial charge is 0.0577 e. The fourth-order valence-corrected chi connectivity index (χ4v) is 9.54. The highest BCUT2D eigenvalue weighted by molar-refractivity contribution is 8.34. The normalized spacial score (nSPS) is 13.9. The maximum absolute atomic E-state index is 2.70. The molecule has 112 valence electrons. The first-order valence-corrected chi connectivity index (χ1v) is 9.49. The molecule has 0 aliphatic rings. The first-order valence-electron chi connectivity index (χ1n) is 7.71. The summed E-state index contributed by atoms with van der Waals surface area (Å²) in [4.78, 5) is 0. The molecule has 2 aromatic rings. The van der Waals surface area contributed by atoms with Crippen LogP contribution in [-0.2, 0) is 0 Å². The molecule has 1 aromatic heterocycles. The van der Waals surface area contributed by atoms with E-state index in [4.69, 9.17) is 0 Å². The van der Waals surface area contributed by atoms with Crippen molar-refractivity contribution in [1.82, 2.24) is 3.97 Å². The van der Waals surface area contributed by atoms with E-state index in [0.29, 0.717) is 15.7 Å². The Kier molecular flexibility index (Phi) is 4.24.